The number of thiazole rings is 1. The van der Waals surface area contributed by atoms with Crippen LogP contribution in [0.1, 0.15) is 57.0 Å². The predicted octanol–water partition coefficient (Wildman–Crippen LogP) is 3.22. The first-order valence-corrected chi connectivity index (χ1v) is 14.1. The Kier molecular flexibility index (Phi) is 7.34. The maximum atomic E-state index is 13.9. The van der Waals surface area contributed by atoms with E-state index in [-0.39, 0.29) is 36.4 Å². The molecule has 1 aliphatic carbocycles. The molecule has 11 heteroatoms. The van der Waals surface area contributed by atoms with Gasteiger partial charge in [0.05, 0.1) is 17.4 Å². The third-order valence-corrected chi connectivity index (χ3v) is 9.24. The van der Waals surface area contributed by atoms with Crippen LogP contribution in [0.2, 0.25) is 5.02 Å². The summed E-state index contributed by atoms with van der Waals surface area (Å²) in [6.45, 7) is 4.15. The lowest BCUT2D eigenvalue weighted by Gasteiger charge is -2.43. The molecule has 1 aromatic carbocycles. The van der Waals surface area contributed by atoms with Gasteiger partial charge < -0.3 is 25.8 Å². The minimum Gasteiger partial charge on any atom is -0.352 e. The topological polar surface area (TPSA) is 124 Å². The van der Waals surface area contributed by atoms with Gasteiger partial charge in [-0.15, -0.1) is 11.3 Å². The van der Waals surface area contributed by atoms with Gasteiger partial charge in [0.25, 0.3) is 5.91 Å². The van der Waals surface area contributed by atoms with Crippen LogP contribution in [0.5, 0.6) is 0 Å². The fraction of sp³-hybridized carbons (Fsp3) is 0.481. The molecule has 3 aromatic rings. The Morgan fingerprint density at radius 2 is 2.13 bits per heavy atom. The van der Waals surface area contributed by atoms with Crippen molar-refractivity contribution in [1.29, 1.82) is 0 Å². The number of aromatic amines is 1. The average Bonchev–Trinajstić information content (AvgIpc) is 3.52. The zero-order valence-corrected chi connectivity index (χ0v) is 23.4. The highest BCUT2D eigenvalue weighted by molar-refractivity contribution is 7.13. The first-order chi connectivity index (χ1) is 18.1. The van der Waals surface area contributed by atoms with Gasteiger partial charge in [-0.05, 0) is 57.5 Å². The van der Waals surface area contributed by atoms with Crippen LogP contribution in [0.15, 0.2) is 24.3 Å². The number of H-pyrrole nitrogens is 1. The van der Waals surface area contributed by atoms with Crippen LogP contribution in [0, 0.1) is 5.92 Å². The first-order valence-electron chi connectivity index (χ1n) is 12.9. The van der Waals surface area contributed by atoms with E-state index in [1.807, 2.05) is 20.0 Å². The number of Topliss-reactive ketones (excluding diaryl/α,β-unsaturated/α-hetero) is 1. The molecule has 1 saturated carbocycles. The van der Waals surface area contributed by atoms with Gasteiger partial charge in [0.1, 0.15) is 5.54 Å². The summed E-state index contributed by atoms with van der Waals surface area (Å²) in [4.78, 5) is 53.1. The summed E-state index contributed by atoms with van der Waals surface area (Å²) < 4.78 is 0. The number of nitrogens with one attached hydrogen (secondary N) is 2. The molecular formula is C27H33ClN6O3S. The maximum absolute atomic E-state index is 13.9. The van der Waals surface area contributed by atoms with Gasteiger partial charge in [-0.2, -0.15) is 0 Å². The molecule has 0 saturated heterocycles. The molecule has 5 rings (SSSR count). The second-order valence-electron chi connectivity index (χ2n) is 10.5. The van der Waals surface area contributed by atoms with Crippen molar-refractivity contribution in [2.45, 2.75) is 50.7 Å². The molecule has 2 amide bonds. The third-order valence-electron chi connectivity index (χ3n) is 7.92. The first kappa shape index (κ1) is 26.8. The van der Waals surface area contributed by atoms with Crippen molar-refractivity contribution < 1.29 is 14.4 Å². The third kappa shape index (κ3) is 4.98. The number of carbonyl (C=O) groups is 3. The van der Waals surface area contributed by atoms with Crippen molar-refractivity contribution >= 4 is 51.4 Å². The monoisotopic (exact) mass is 556 g/mol. The van der Waals surface area contributed by atoms with Crippen molar-refractivity contribution in [1.82, 2.24) is 25.1 Å². The molecule has 4 N–H and O–H groups in total. The average molecular weight is 557 g/mol. The van der Waals surface area contributed by atoms with Crippen molar-refractivity contribution in [2.75, 3.05) is 27.2 Å². The smallest absolute Gasteiger partial charge is 0.280 e. The van der Waals surface area contributed by atoms with Gasteiger partial charge in [-0.1, -0.05) is 11.6 Å². The second-order valence-corrected chi connectivity index (χ2v) is 12.0. The molecule has 0 radical (unpaired) electrons. The van der Waals surface area contributed by atoms with Gasteiger partial charge in [-0.25, -0.2) is 4.98 Å². The SMILES string of the molecule is CCN(C)C(=O)C1CCC(N)(C(=O)c2cc3cc(Cl)ccc3[nH]2)C(NC(=O)c2nc3c(s2)CN(C)CC3)C1. The minimum absolute atomic E-state index is 0.00532. The molecule has 1 aliphatic heterocycles. The van der Waals surface area contributed by atoms with Crippen LogP contribution in [-0.2, 0) is 17.8 Å². The number of amides is 2. The lowest BCUT2D eigenvalue weighted by molar-refractivity contribution is -0.135. The standard InChI is InChI=1S/C27H33ClN6O3S/c1-4-34(3)26(37)15-7-9-27(29,23(35)20-12-16-11-17(28)5-6-18(16)30-20)22(13-15)32-24(36)25-31-19-8-10-33(2)14-21(19)38-25/h5-6,11-12,15,22,30H,4,7-10,13-14,29H2,1-3H3,(H,32,36). The second kappa shape index (κ2) is 10.4. The van der Waals surface area contributed by atoms with Crippen LogP contribution in [0.3, 0.4) is 0 Å². The molecule has 2 aromatic heterocycles. The minimum atomic E-state index is -1.39. The van der Waals surface area contributed by atoms with Crippen LogP contribution in [0.4, 0.5) is 0 Å². The fourth-order valence-corrected chi connectivity index (χ4v) is 6.74. The number of nitrogens with two attached hydrogens (primary N) is 1. The van der Waals surface area contributed by atoms with E-state index in [2.05, 4.69) is 20.2 Å². The maximum Gasteiger partial charge on any atom is 0.280 e. The molecule has 0 bridgehead atoms. The van der Waals surface area contributed by atoms with Crippen LogP contribution in [0.25, 0.3) is 10.9 Å². The highest BCUT2D eigenvalue weighted by atomic mass is 35.5. The Morgan fingerprint density at radius 1 is 1.34 bits per heavy atom. The van der Waals surface area contributed by atoms with E-state index in [0.29, 0.717) is 28.7 Å². The summed E-state index contributed by atoms with van der Waals surface area (Å²) in [6.07, 6.45) is 1.79. The van der Waals surface area contributed by atoms with Gasteiger partial charge in [0.2, 0.25) is 11.7 Å². The lowest BCUT2D eigenvalue weighted by atomic mass is 9.70. The molecule has 38 heavy (non-hydrogen) atoms. The molecule has 1 fully saturated rings. The normalized spacial score (nSPS) is 23.7. The number of likely N-dealkylation sites (N-methyl/N-ethyl adjacent to an activating group) is 1. The number of fused-ring (bicyclic) bond motifs is 2. The molecule has 3 unspecified atom stereocenters. The van der Waals surface area contributed by atoms with Crippen molar-refractivity contribution in [3.05, 3.63) is 50.6 Å². The highest BCUT2D eigenvalue weighted by Crippen LogP contribution is 2.35. The Balaban J connectivity index is 1.44. The van der Waals surface area contributed by atoms with E-state index in [0.717, 1.165) is 41.0 Å². The quantitative estimate of drug-likeness (QED) is 0.400. The van der Waals surface area contributed by atoms with Crippen molar-refractivity contribution in [3.63, 3.8) is 0 Å². The summed E-state index contributed by atoms with van der Waals surface area (Å²) >= 11 is 7.51. The number of rotatable bonds is 6. The number of nitrogens with zero attached hydrogens (tertiary/aromatic N) is 3. The fourth-order valence-electron chi connectivity index (χ4n) is 5.47. The molecule has 3 atom stereocenters. The summed E-state index contributed by atoms with van der Waals surface area (Å²) in [5, 5.41) is 4.76. The summed E-state index contributed by atoms with van der Waals surface area (Å²) in [6, 6.07) is 6.35. The zero-order valence-electron chi connectivity index (χ0n) is 21.8. The molecule has 3 heterocycles. The van der Waals surface area contributed by atoms with E-state index in [4.69, 9.17) is 17.3 Å². The van der Waals surface area contributed by atoms with Crippen LogP contribution < -0.4 is 11.1 Å². The number of benzene rings is 1. The Hall–Kier alpha value is -2.79. The van der Waals surface area contributed by atoms with Crippen LogP contribution >= 0.6 is 22.9 Å². The molecule has 0 spiro atoms. The predicted molar refractivity (Wildman–Crippen MR) is 149 cm³/mol. The van der Waals surface area contributed by atoms with Crippen LogP contribution in [-0.4, -0.2) is 76.1 Å². The number of aromatic nitrogens is 2. The van der Waals surface area contributed by atoms with E-state index in [1.54, 1.807) is 30.1 Å². The zero-order chi connectivity index (χ0) is 27.2. The van der Waals surface area contributed by atoms with E-state index < -0.39 is 11.6 Å². The number of ketones is 1. The molecular weight excluding hydrogens is 524 g/mol. The van der Waals surface area contributed by atoms with Gasteiger partial charge in [0, 0.05) is 59.8 Å². The van der Waals surface area contributed by atoms with E-state index in [9.17, 15) is 14.4 Å². The van der Waals surface area contributed by atoms with E-state index in [1.165, 1.54) is 11.3 Å². The van der Waals surface area contributed by atoms with E-state index >= 15 is 0 Å². The summed E-state index contributed by atoms with van der Waals surface area (Å²) in [5.41, 5.74) is 7.57. The lowest BCUT2D eigenvalue weighted by Crippen LogP contribution is -2.66. The molecule has 9 nitrogen and oxygen atoms in total. The Bertz CT molecular complexity index is 1400. The summed E-state index contributed by atoms with van der Waals surface area (Å²) in [5.74, 6) is -1.01. The van der Waals surface area contributed by atoms with Crippen molar-refractivity contribution in [2.24, 2.45) is 11.7 Å². The Labute approximate surface area is 230 Å². The van der Waals surface area contributed by atoms with Gasteiger partial charge in [-0.3, -0.25) is 14.4 Å². The van der Waals surface area contributed by atoms with Gasteiger partial charge in [0.15, 0.2) is 5.01 Å². The molecule has 202 valence electrons. The summed E-state index contributed by atoms with van der Waals surface area (Å²) in [7, 11) is 3.80. The largest absolute Gasteiger partial charge is 0.352 e. The highest BCUT2D eigenvalue weighted by Gasteiger charge is 2.49. The van der Waals surface area contributed by atoms with Gasteiger partial charge >= 0.3 is 0 Å². The molecule has 2 aliphatic rings. The number of hydrogen-bond acceptors (Lipinski definition) is 7. The number of carbonyl (C=O) groups excluding carboxylic acids is 3. The van der Waals surface area contributed by atoms with Crippen molar-refractivity contribution in [3.8, 4) is 0 Å². The number of halogens is 1. The Morgan fingerprint density at radius 3 is 2.89 bits per heavy atom. The number of hydrogen-bond donors (Lipinski definition) is 3.